The number of carbonyl (C=O) groups is 1. The van der Waals surface area contributed by atoms with Crippen molar-refractivity contribution in [1.82, 2.24) is 9.97 Å². The zero-order chi connectivity index (χ0) is 14.0. The summed E-state index contributed by atoms with van der Waals surface area (Å²) in [4.78, 5) is 18.4. The molecule has 0 radical (unpaired) electrons. The Labute approximate surface area is 110 Å². The van der Waals surface area contributed by atoms with Crippen LogP contribution in [0.1, 0.15) is 10.4 Å². The van der Waals surface area contributed by atoms with E-state index in [9.17, 15) is 18.0 Å². The van der Waals surface area contributed by atoms with Crippen LogP contribution in [0.4, 0.5) is 13.2 Å². The maximum Gasteiger partial charge on any atom is 0.411 e. The number of hydrogen-bond acceptors (Lipinski definition) is 3. The van der Waals surface area contributed by atoms with Crippen LogP contribution in [0.15, 0.2) is 18.5 Å². The average molecular weight is 293 g/mol. The highest BCUT2D eigenvalue weighted by Gasteiger charge is 2.28. The van der Waals surface area contributed by atoms with E-state index in [1.807, 2.05) is 0 Å². The highest BCUT2D eigenvalue weighted by Crippen LogP contribution is 2.25. The lowest BCUT2D eigenvalue weighted by Crippen LogP contribution is -2.20. The van der Waals surface area contributed by atoms with Gasteiger partial charge in [0, 0.05) is 23.3 Å². The van der Waals surface area contributed by atoms with Gasteiger partial charge in [0.15, 0.2) is 5.78 Å². The largest absolute Gasteiger partial charge is 0.411 e. The van der Waals surface area contributed by atoms with E-state index in [0.29, 0.717) is 16.1 Å². The van der Waals surface area contributed by atoms with E-state index in [-0.39, 0.29) is 5.56 Å². The summed E-state index contributed by atoms with van der Waals surface area (Å²) in [5.74, 6) is -0.592. The molecule has 0 fully saturated rings. The summed E-state index contributed by atoms with van der Waals surface area (Å²) in [6.45, 7) is -2.13. The molecule has 0 unspecified atom stereocenters. The molecule has 0 aliphatic carbocycles. The van der Waals surface area contributed by atoms with Crippen LogP contribution in [-0.2, 0) is 4.74 Å². The van der Waals surface area contributed by atoms with E-state index >= 15 is 0 Å². The summed E-state index contributed by atoms with van der Waals surface area (Å²) in [5.41, 5.74) is 0.557. The molecule has 19 heavy (non-hydrogen) atoms. The molecule has 0 atom stereocenters. The molecule has 0 aliphatic rings. The Morgan fingerprint density at radius 2 is 2.21 bits per heavy atom. The van der Waals surface area contributed by atoms with Gasteiger partial charge in [0.2, 0.25) is 0 Å². The number of halogens is 4. The zero-order valence-electron chi connectivity index (χ0n) is 9.42. The predicted octanol–water partition coefficient (Wildman–Crippen LogP) is 2.98. The normalized spacial score (nSPS) is 12.0. The molecule has 2 heterocycles. The van der Waals surface area contributed by atoms with Crippen LogP contribution in [0.5, 0.6) is 0 Å². The fourth-order valence-corrected chi connectivity index (χ4v) is 1.82. The molecule has 1 N–H and O–H groups in total. The third kappa shape index (κ3) is 3.24. The fourth-order valence-electron chi connectivity index (χ4n) is 1.57. The minimum Gasteiger partial charge on any atom is -0.364 e. The Morgan fingerprint density at radius 3 is 2.89 bits per heavy atom. The van der Waals surface area contributed by atoms with Crippen molar-refractivity contribution >= 4 is 28.4 Å². The Bertz CT molecular complexity index is 609. The van der Waals surface area contributed by atoms with Gasteiger partial charge < -0.3 is 9.72 Å². The van der Waals surface area contributed by atoms with Gasteiger partial charge in [0.05, 0.1) is 5.02 Å². The van der Waals surface area contributed by atoms with Crippen molar-refractivity contribution in [2.75, 3.05) is 13.2 Å². The SMILES string of the molecule is O=C(COCC(F)(F)F)c1c[nH]c2nccc(Cl)c12. The number of Topliss-reactive ketones (excluding diaryl/α,β-unsaturated/α-hetero) is 1. The average Bonchev–Trinajstić information content (AvgIpc) is 2.72. The summed E-state index contributed by atoms with van der Waals surface area (Å²) in [6, 6.07) is 1.49. The van der Waals surface area contributed by atoms with Crippen LogP contribution in [-0.4, -0.2) is 35.1 Å². The van der Waals surface area contributed by atoms with Gasteiger partial charge in [-0.25, -0.2) is 4.98 Å². The number of alkyl halides is 3. The molecule has 4 nitrogen and oxygen atoms in total. The van der Waals surface area contributed by atoms with Crippen LogP contribution in [0.2, 0.25) is 5.02 Å². The summed E-state index contributed by atoms with van der Waals surface area (Å²) in [5, 5.41) is 0.676. The van der Waals surface area contributed by atoms with Gasteiger partial charge >= 0.3 is 6.18 Å². The lowest BCUT2D eigenvalue weighted by molar-refractivity contribution is -0.170. The molecule has 0 saturated carbocycles. The number of rotatable bonds is 4. The molecule has 2 aromatic heterocycles. The second kappa shape index (κ2) is 5.18. The van der Waals surface area contributed by atoms with E-state index in [0.717, 1.165) is 0 Å². The second-order valence-corrected chi connectivity index (χ2v) is 4.16. The summed E-state index contributed by atoms with van der Waals surface area (Å²) < 4.78 is 40.0. The van der Waals surface area contributed by atoms with Crippen molar-refractivity contribution in [1.29, 1.82) is 0 Å². The lowest BCUT2D eigenvalue weighted by atomic mass is 10.1. The minimum absolute atomic E-state index is 0.162. The number of nitrogens with zero attached hydrogens (tertiary/aromatic N) is 1. The number of nitrogens with one attached hydrogen (secondary N) is 1. The maximum absolute atomic E-state index is 11.9. The first-order valence-corrected chi connectivity index (χ1v) is 5.55. The number of fused-ring (bicyclic) bond motifs is 1. The molecule has 8 heteroatoms. The smallest absolute Gasteiger partial charge is 0.364 e. The highest BCUT2D eigenvalue weighted by atomic mass is 35.5. The van der Waals surface area contributed by atoms with Gasteiger partial charge in [-0.3, -0.25) is 4.79 Å². The highest BCUT2D eigenvalue weighted by molar-refractivity contribution is 6.36. The lowest BCUT2D eigenvalue weighted by Gasteiger charge is -2.06. The van der Waals surface area contributed by atoms with E-state index in [4.69, 9.17) is 11.6 Å². The summed E-state index contributed by atoms with van der Waals surface area (Å²) in [7, 11) is 0. The summed E-state index contributed by atoms with van der Waals surface area (Å²) >= 11 is 5.92. The molecule has 0 aliphatic heterocycles. The van der Waals surface area contributed by atoms with E-state index in [2.05, 4.69) is 14.7 Å². The van der Waals surface area contributed by atoms with Crippen LogP contribution < -0.4 is 0 Å². The Balaban J connectivity index is 2.14. The topological polar surface area (TPSA) is 55.0 Å². The van der Waals surface area contributed by atoms with Crippen molar-refractivity contribution < 1.29 is 22.7 Å². The molecule has 0 bridgehead atoms. The van der Waals surface area contributed by atoms with E-state index in [1.54, 1.807) is 0 Å². The zero-order valence-corrected chi connectivity index (χ0v) is 10.2. The first-order chi connectivity index (χ1) is 8.88. The third-order valence-corrected chi connectivity index (χ3v) is 2.64. The first-order valence-electron chi connectivity index (χ1n) is 5.18. The number of carbonyl (C=O) groups excluding carboxylic acids is 1. The molecule has 0 saturated heterocycles. The van der Waals surface area contributed by atoms with E-state index in [1.165, 1.54) is 18.5 Å². The Hall–Kier alpha value is -1.60. The Morgan fingerprint density at radius 1 is 1.47 bits per heavy atom. The molecular weight excluding hydrogens is 285 g/mol. The van der Waals surface area contributed by atoms with Gasteiger partial charge in [-0.15, -0.1) is 0 Å². The first kappa shape index (κ1) is 13.8. The molecule has 2 rings (SSSR count). The third-order valence-electron chi connectivity index (χ3n) is 2.32. The maximum atomic E-state index is 11.9. The standard InChI is InChI=1S/C11H8ClF3N2O2/c12-7-1-2-16-10-9(7)6(3-17-10)8(18)4-19-5-11(13,14)15/h1-3H,4-5H2,(H,16,17). The molecule has 0 aromatic carbocycles. The van der Waals surface area contributed by atoms with Crippen molar-refractivity contribution in [3.63, 3.8) is 0 Å². The van der Waals surface area contributed by atoms with E-state index < -0.39 is 25.2 Å². The van der Waals surface area contributed by atoms with Crippen LogP contribution in [0.25, 0.3) is 11.0 Å². The number of pyridine rings is 1. The molecule has 0 amide bonds. The number of hydrogen-bond donors (Lipinski definition) is 1. The van der Waals surface area contributed by atoms with Gasteiger partial charge in [0.1, 0.15) is 18.9 Å². The van der Waals surface area contributed by atoms with Crippen LogP contribution in [0.3, 0.4) is 0 Å². The van der Waals surface area contributed by atoms with Gasteiger partial charge in [-0.1, -0.05) is 11.6 Å². The second-order valence-electron chi connectivity index (χ2n) is 3.75. The quantitative estimate of drug-likeness (QED) is 0.882. The number of ketones is 1. The fraction of sp³-hybridized carbons (Fsp3) is 0.273. The number of aromatic amines is 1. The number of ether oxygens (including phenoxy) is 1. The molecule has 0 spiro atoms. The van der Waals surface area contributed by atoms with Crippen molar-refractivity contribution in [3.05, 3.63) is 29.0 Å². The monoisotopic (exact) mass is 292 g/mol. The van der Waals surface area contributed by atoms with Gasteiger partial charge in [0.25, 0.3) is 0 Å². The number of H-pyrrole nitrogens is 1. The predicted molar refractivity (Wildman–Crippen MR) is 62.3 cm³/mol. The molecular formula is C11H8ClF3N2O2. The molecule has 2 aromatic rings. The van der Waals surface area contributed by atoms with Crippen molar-refractivity contribution in [2.24, 2.45) is 0 Å². The Kier molecular flexibility index (Phi) is 3.77. The minimum atomic E-state index is -4.46. The van der Waals surface area contributed by atoms with Crippen molar-refractivity contribution in [2.45, 2.75) is 6.18 Å². The van der Waals surface area contributed by atoms with Gasteiger partial charge in [-0.05, 0) is 6.07 Å². The number of aromatic nitrogens is 2. The summed E-state index contributed by atoms with van der Waals surface area (Å²) in [6.07, 6.45) is -1.65. The van der Waals surface area contributed by atoms with Crippen molar-refractivity contribution in [3.8, 4) is 0 Å². The van der Waals surface area contributed by atoms with Crippen LogP contribution >= 0.6 is 11.6 Å². The van der Waals surface area contributed by atoms with Gasteiger partial charge in [-0.2, -0.15) is 13.2 Å². The molecule has 102 valence electrons. The van der Waals surface area contributed by atoms with Crippen LogP contribution in [0, 0.1) is 0 Å².